The van der Waals surface area contributed by atoms with Crippen LogP contribution >= 0.6 is 0 Å². The van der Waals surface area contributed by atoms with Gasteiger partial charge < -0.3 is 16.3 Å². The molecular formula is C8H17N3O. The molecule has 0 bridgehead atoms. The van der Waals surface area contributed by atoms with Crippen LogP contribution in [0, 0.1) is 5.92 Å². The Morgan fingerprint density at radius 1 is 1.75 bits per heavy atom. The maximum absolute atomic E-state index is 8.28. The number of oxime groups is 1. The van der Waals surface area contributed by atoms with E-state index in [2.05, 4.69) is 17.4 Å². The molecule has 0 aromatic rings. The fourth-order valence-corrected chi connectivity index (χ4v) is 1.41. The molecule has 1 atom stereocenters. The molecule has 1 rings (SSSR count). The minimum atomic E-state index is 0.251. The second-order valence-electron chi connectivity index (χ2n) is 3.45. The Morgan fingerprint density at radius 2 is 2.42 bits per heavy atom. The minimum Gasteiger partial charge on any atom is -0.409 e. The van der Waals surface area contributed by atoms with Crippen molar-refractivity contribution >= 4 is 5.84 Å². The number of nitrogens with zero attached hydrogens (tertiary/aromatic N) is 1. The van der Waals surface area contributed by atoms with Crippen LogP contribution in [-0.2, 0) is 0 Å². The first-order valence-electron chi connectivity index (χ1n) is 4.44. The SMILES string of the molecule is CC(NCC(N)=NO)C1CCC1. The molecular weight excluding hydrogens is 154 g/mol. The summed E-state index contributed by atoms with van der Waals surface area (Å²) in [7, 11) is 0. The van der Waals surface area contributed by atoms with E-state index >= 15 is 0 Å². The third kappa shape index (κ3) is 2.37. The Hall–Kier alpha value is -0.770. The summed E-state index contributed by atoms with van der Waals surface area (Å²) in [6.45, 7) is 2.63. The highest BCUT2D eigenvalue weighted by Gasteiger charge is 2.23. The molecule has 1 fully saturated rings. The van der Waals surface area contributed by atoms with E-state index in [1.54, 1.807) is 0 Å². The first-order chi connectivity index (χ1) is 5.74. The molecule has 0 aromatic carbocycles. The highest BCUT2D eigenvalue weighted by atomic mass is 16.4. The van der Waals surface area contributed by atoms with Gasteiger partial charge in [0.05, 0.1) is 6.54 Å². The van der Waals surface area contributed by atoms with Gasteiger partial charge in [0.25, 0.3) is 0 Å². The maximum atomic E-state index is 8.28. The summed E-state index contributed by atoms with van der Waals surface area (Å²) in [6.07, 6.45) is 3.97. The fraction of sp³-hybridized carbons (Fsp3) is 0.875. The zero-order valence-corrected chi connectivity index (χ0v) is 7.45. The molecule has 70 valence electrons. The van der Waals surface area contributed by atoms with Crippen molar-refractivity contribution in [3.63, 3.8) is 0 Å². The van der Waals surface area contributed by atoms with Gasteiger partial charge in [0.2, 0.25) is 0 Å². The van der Waals surface area contributed by atoms with Gasteiger partial charge in [-0.05, 0) is 25.7 Å². The predicted octanol–water partition coefficient (Wildman–Crippen LogP) is 0.511. The average Bonchev–Trinajstić information content (AvgIpc) is 1.97. The van der Waals surface area contributed by atoms with E-state index in [1.807, 2.05) is 0 Å². The monoisotopic (exact) mass is 171 g/mol. The summed E-state index contributed by atoms with van der Waals surface area (Å²) < 4.78 is 0. The van der Waals surface area contributed by atoms with Crippen molar-refractivity contribution in [2.75, 3.05) is 6.54 Å². The Balaban J connectivity index is 2.13. The van der Waals surface area contributed by atoms with Crippen LogP contribution in [0.15, 0.2) is 5.16 Å². The van der Waals surface area contributed by atoms with Gasteiger partial charge in [-0.1, -0.05) is 11.6 Å². The number of nitrogens with one attached hydrogen (secondary N) is 1. The molecule has 12 heavy (non-hydrogen) atoms. The molecule has 0 radical (unpaired) electrons. The molecule has 0 saturated heterocycles. The van der Waals surface area contributed by atoms with Crippen molar-refractivity contribution < 1.29 is 5.21 Å². The Kier molecular flexibility index (Phi) is 3.34. The first-order valence-corrected chi connectivity index (χ1v) is 4.44. The van der Waals surface area contributed by atoms with Crippen LogP contribution in [0.4, 0.5) is 0 Å². The standard InChI is InChI=1S/C8H17N3O/c1-6(7-3-2-4-7)10-5-8(9)11-12/h6-7,10,12H,2-5H2,1H3,(H2,9,11). The van der Waals surface area contributed by atoms with Gasteiger partial charge in [0.15, 0.2) is 5.84 Å². The molecule has 4 nitrogen and oxygen atoms in total. The van der Waals surface area contributed by atoms with Crippen molar-refractivity contribution in [3.05, 3.63) is 0 Å². The quantitative estimate of drug-likeness (QED) is 0.250. The summed E-state index contributed by atoms with van der Waals surface area (Å²) in [6, 6.07) is 0.485. The first kappa shape index (κ1) is 9.32. The van der Waals surface area contributed by atoms with E-state index in [4.69, 9.17) is 10.9 Å². The van der Waals surface area contributed by atoms with Crippen LogP contribution in [0.5, 0.6) is 0 Å². The van der Waals surface area contributed by atoms with Crippen LogP contribution in [0.2, 0.25) is 0 Å². The van der Waals surface area contributed by atoms with Crippen LogP contribution in [0.3, 0.4) is 0 Å². The Morgan fingerprint density at radius 3 is 2.83 bits per heavy atom. The van der Waals surface area contributed by atoms with E-state index < -0.39 is 0 Å². The van der Waals surface area contributed by atoms with E-state index in [9.17, 15) is 0 Å². The second-order valence-corrected chi connectivity index (χ2v) is 3.45. The van der Waals surface area contributed by atoms with E-state index in [0.29, 0.717) is 12.6 Å². The lowest BCUT2D eigenvalue weighted by Gasteiger charge is -2.31. The molecule has 0 spiro atoms. The molecule has 1 unspecified atom stereocenters. The van der Waals surface area contributed by atoms with Gasteiger partial charge in [0, 0.05) is 6.04 Å². The Labute approximate surface area is 72.8 Å². The van der Waals surface area contributed by atoms with Gasteiger partial charge in [-0.3, -0.25) is 0 Å². The lowest BCUT2D eigenvalue weighted by atomic mass is 9.80. The van der Waals surface area contributed by atoms with Gasteiger partial charge >= 0.3 is 0 Å². The summed E-state index contributed by atoms with van der Waals surface area (Å²) in [5.41, 5.74) is 5.32. The number of hydrogen-bond donors (Lipinski definition) is 3. The number of amidine groups is 1. The van der Waals surface area contributed by atoms with Crippen molar-refractivity contribution in [2.45, 2.75) is 32.2 Å². The smallest absolute Gasteiger partial charge is 0.153 e. The van der Waals surface area contributed by atoms with Crippen molar-refractivity contribution in [1.29, 1.82) is 0 Å². The van der Waals surface area contributed by atoms with Crippen LogP contribution in [-0.4, -0.2) is 23.6 Å². The number of rotatable bonds is 4. The molecule has 4 N–H and O–H groups in total. The molecule has 0 amide bonds. The summed E-state index contributed by atoms with van der Waals surface area (Å²) >= 11 is 0. The van der Waals surface area contributed by atoms with Gasteiger partial charge in [-0.2, -0.15) is 0 Å². The molecule has 0 heterocycles. The van der Waals surface area contributed by atoms with Crippen LogP contribution in [0.1, 0.15) is 26.2 Å². The van der Waals surface area contributed by atoms with E-state index in [-0.39, 0.29) is 5.84 Å². The summed E-state index contributed by atoms with van der Waals surface area (Å²) in [5.74, 6) is 1.04. The van der Waals surface area contributed by atoms with Crippen molar-refractivity contribution in [2.24, 2.45) is 16.8 Å². The topological polar surface area (TPSA) is 70.6 Å². The normalized spacial score (nSPS) is 21.9. The zero-order chi connectivity index (χ0) is 8.97. The van der Waals surface area contributed by atoms with Crippen LogP contribution < -0.4 is 11.1 Å². The van der Waals surface area contributed by atoms with Gasteiger partial charge in [-0.15, -0.1) is 0 Å². The highest BCUT2D eigenvalue weighted by Crippen LogP contribution is 2.29. The largest absolute Gasteiger partial charge is 0.409 e. The third-order valence-electron chi connectivity index (χ3n) is 2.59. The lowest BCUT2D eigenvalue weighted by molar-refractivity contribution is 0.245. The molecule has 1 aliphatic carbocycles. The maximum Gasteiger partial charge on any atom is 0.153 e. The van der Waals surface area contributed by atoms with Crippen molar-refractivity contribution in [3.8, 4) is 0 Å². The second kappa shape index (κ2) is 4.30. The van der Waals surface area contributed by atoms with Crippen molar-refractivity contribution in [1.82, 2.24) is 5.32 Å². The van der Waals surface area contributed by atoms with Gasteiger partial charge in [0.1, 0.15) is 0 Å². The average molecular weight is 171 g/mol. The third-order valence-corrected chi connectivity index (χ3v) is 2.59. The number of nitrogens with two attached hydrogens (primary N) is 1. The number of hydrogen-bond acceptors (Lipinski definition) is 3. The van der Waals surface area contributed by atoms with E-state index in [0.717, 1.165) is 5.92 Å². The Bertz CT molecular complexity index is 166. The highest BCUT2D eigenvalue weighted by molar-refractivity contribution is 5.81. The lowest BCUT2D eigenvalue weighted by Crippen LogP contribution is -2.41. The zero-order valence-electron chi connectivity index (χ0n) is 7.45. The molecule has 0 aliphatic heterocycles. The predicted molar refractivity (Wildman–Crippen MR) is 48.2 cm³/mol. The molecule has 1 aliphatic rings. The van der Waals surface area contributed by atoms with Crippen LogP contribution in [0.25, 0.3) is 0 Å². The molecule has 0 aromatic heterocycles. The molecule has 1 saturated carbocycles. The van der Waals surface area contributed by atoms with Gasteiger partial charge in [-0.25, -0.2) is 0 Å². The molecule has 4 heteroatoms. The summed E-state index contributed by atoms with van der Waals surface area (Å²) in [5, 5.41) is 14.4. The summed E-state index contributed by atoms with van der Waals surface area (Å²) in [4.78, 5) is 0. The van der Waals surface area contributed by atoms with E-state index in [1.165, 1.54) is 19.3 Å². The fourth-order valence-electron chi connectivity index (χ4n) is 1.41. The minimum absolute atomic E-state index is 0.251.